The molecule has 0 aliphatic heterocycles. The van der Waals surface area contributed by atoms with Gasteiger partial charge >= 0.3 is 5.97 Å². The van der Waals surface area contributed by atoms with Crippen molar-refractivity contribution < 1.29 is 27.8 Å². The van der Waals surface area contributed by atoms with Crippen molar-refractivity contribution in [3.05, 3.63) is 42.2 Å². The fourth-order valence-electron chi connectivity index (χ4n) is 2.24. The van der Waals surface area contributed by atoms with Gasteiger partial charge in [-0.1, -0.05) is 0 Å². The van der Waals surface area contributed by atoms with E-state index in [1.54, 1.807) is 0 Å². The fourth-order valence-corrected chi connectivity index (χ4v) is 3.48. The molecular weight excluding hydrogens is 350 g/mol. The van der Waals surface area contributed by atoms with Gasteiger partial charge < -0.3 is 14.6 Å². The third kappa shape index (κ3) is 2.76. The van der Waals surface area contributed by atoms with Gasteiger partial charge in [-0.2, -0.15) is 8.42 Å². The first-order valence-corrected chi connectivity index (χ1v) is 8.38. The average molecular weight is 363 g/mol. The molecule has 3 aromatic rings. The van der Waals surface area contributed by atoms with E-state index in [1.807, 2.05) is 0 Å². The molecule has 0 bridgehead atoms. The molecule has 9 nitrogen and oxygen atoms in total. The number of carboxylic acid groups (broad SMARTS) is 1. The number of aromatic nitrogens is 3. The average Bonchev–Trinajstić information content (AvgIpc) is 3.01. The van der Waals surface area contributed by atoms with Crippen LogP contribution in [0.2, 0.25) is 0 Å². The summed E-state index contributed by atoms with van der Waals surface area (Å²) < 4.78 is 36.3. The molecule has 2 heterocycles. The Morgan fingerprint density at radius 3 is 2.32 bits per heavy atom. The van der Waals surface area contributed by atoms with Gasteiger partial charge in [-0.3, -0.25) is 0 Å². The van der Waals surface area contributed by atoms with E-state index >= 15 is 0 Å². The molecule has 0 aliphatic carbocycles. The zero-order valence-corrected chi connectivity index (χ0v) is 14.0. The number of carbonyl (C=O) groups is 1. The number of hydrogen-bond donors (Lipinski definition) is 1. The van der Waals surface area contributed by atoms with Crippen molar-refractivity contribution in [3.63, 3.8) is 0 Å². The Hall–Kier alpha value is -3.14. The van der Waals surface area contributed by atoms with Gasteiger partial charge in [0, 0.05) is 0 Å². The second kappa shape index (κ2) is 6.06. The lowest BCUT2D eigenvalue weighted by Crippen LogP contribution is -2.15. The van der Waals surface area contributed by atoms with Crippen LogP contribution < -0.4 is 9.47 Å². The first kappa shape index (κ1) is 16.7. The summed E-state index contributed by atoms with van der Waals surface area (Å²) in [5.41, 5.74) is -0.535. The Labute approximate surface area is 142 Å². The molecule has 0 atom stereocenters. The summed E-state index contributed by atoms with van der Waals surface area (Å²) in [4.78, 5) is 15.3. The zero-order valence-electron chi connectivity index (χ0n) is 13.2. The number of nitrogens with zero attached hydrogens (tertiary/aromatic N) is 3. The molecule has 0 radical (unpaired) electrons. The zero-order chi connectivity index (χ0) is 18.2. The summed E-state index contributed by atoms with van der Waals surface area (Å²) in [7, 11) is -1.29. The van der Waals surface area contributed by atoms with E-state index in [9.17, 15) is 18.3 Å². The van der Waals surface area contributed by atoms with Gasteiger partial charge in [-0.25, -0.2) is 9.78 Å². The third-order valence-electron chi connectivity index (χ3n) is 3.49. The van der Waals surface area contributed by atoms with Crippen molar-refractivity contribution in [2.24, 2.45) is 0 Å². The second-order valence-electron chi connectivity index (χ2n) is 4.92. The summed E-state index contributed by atoms with van der Waals surface area (Å²) in [6.07, 6.45) is 1.29. The molecule has 10 heteroatoms. The molecular formula is C15H13N3O6S. The number of fused-ring (bicyclic) bond motifs is 1. The number of pyridine rings is 1. The number of methoxy groups -OCH3 is 2. The number of rotatable bonds is 5. The smallest absolute Gasteiger partial charge is 0.357 e. The number of aromatic carboxylic acids is 1. The van der Waals surface area contributed by atoms with Crippen molar-refractivity contribution in [1.29, 1.82) is 0 Å². The molecule has 0 spiro atoms. The summed E-state index contributed by atoms with van der Waals surface area (Å²) in [6, 6.07) is 7.01. The minimum atomic E-state index is -4.14. The topological polar surface area (TPSA) is 121 Å². The van der Waals surface area contributed by atoms with Gasteiger partial charge in [-0.05, 0) is 30.3 Å². The lowest BCUT2D eigenvalue weighted by atomic mass is 10.2. The molecule has 130 valence electrons. The van der Waals surface area contributed by atoms with Crippen LogP contribution in [0.5, 0.6) is 11.5 Å². The summed E-state index contributed by atoms with van der Waals surface area (Å²) >= 11 is 0. The van der Waals surface area contributed by atoms with Crippen LogP contribution >= 0.6 is 0 Å². The number of hydrogen-bond acceptors (Lipinski definition) is 7. The predicted octanol–water partition coefficient (Wildman–Crippen LogP) is 1.38. The van der Waals surface area contributed by atoms with Crippen molar-refractivity contribution in [1.82, 2.24) is 14.2 Å². The molecule has 3 rings (SSSR count). The Balaban J connectivity index is 2.24. The van der Waals surface area contributed by atoms with E-state index in [0.717, 1.165) is 0 Å². The molecule has 0 amide bonds. The van der Waals surface area contributed by atoms with Crippen molar-refractivity contribution in [2.75, 3.05) is 14.2 Å². The molecule has 0 saturated heterocycles. The normalized spacial score (nSPS) is 11.4. The Kier molecular flexibility index (Phi) is 4.05. The lowest BCUT2D eigenvalue weighted by molar-refractivity contribution is 0.0692. The van der Waals surface area contributed by atoms with Crippen LogP contribution in [-0.4, -0.2) is 47.9 Å². The van der Waals surface area contributed by atoms with Crippen LogP contribution in [0.1, 0.15) is 10.5 Å². The summed E-state index contributed by atoms with van der Waals surface area (Å²) in [5.74, 6) is -0.599. The Morgan fingerprint density at radius 2 is 1.76 bits per heavy atom. The van der Waals surface area contributed by atoms with Gasteiger partial charge in [0.05, 0.1) is 30.7 Å². The molecule has 25 heavy (non-hydrogen) atoms. The molecule has 0 saturated carbocycles. The van der Waals surface area contributed by atoms with Crippen LogP contribution in [0.15, 0.2) is 41.4 Å². The van der Waals surface area contributed by atoms with Gasteiger partial charge in [0.1, 0.15) is 11.5 Å². The van der Waals surface area contributed by atoms with E-state index in [2.05, 4.69) is 10.1 Å². The van der Waals surface area contributed by atoms with Crippen LogP contribution in [0.3, 0.4) is 0 Å². The molecule has 1 N–H and O–H groups in total. The number of carboxylic acids is 1. The van der Waals surface area contributed by atoms with Crippen LogP contribution in [0.25, 0.3) is 11.0 Å². The molecule has 0 aliphatic rings. The standard InChI is InChI=1S/C15H13N3O6S/c1-23-9-3-5-11(6-4-9)25(21,22)18-14-12(13(17-18)15(19)20)7-10(24-2)8-16-14/h3-8H,1-2H3,(H,19,20). The number of benzene rings is 1. The maximum atomic E-state index is 12.8. The third-order valence-corrected chi connectivity index (χ3v) is 5.07. The largest absolute Gasteiger partial charge is 0.497 e. The van der Waals surface area contributed by atoms with Gasteiger partial charge in [0.2, 0.25) is 0 Å². The molecule has 0 unspecified atom stereocenters. The SMILES string of the molecule is COc1ccc(S(=O)(=O)n2nc(C(=O)O)c3cc(OC)cnc32)cc1. The highest BCUT2D eigenvalue weighted by Crippen LogP contribution is 2.26. The monoisotopic (exact) mass is 363 g/mol. The van der Waals surface area contributed by atoms with Crippen LogP contribution in [-0.2, 0) is 10.0 Å². The van der Waals surface area contributed by atoms with Gasteiger partial charge in [-0.15, -0.1) is 9.19 Å². The molecule has 1 aromatic carbocycles. The molecule has 2 aromatic heterocycles. The maximum absolute atomic E-state index is 12.8. The minimum absolute atomic E-state index is 0.0592. The van der Waals surface area contributed by atoms with Crippen molar-refractivity contribution in [3.8, 4) is 11.5 Å². The van der Waals surface area contributed by atoms with Gasteiger partial charge in [0.15, 0.2) is 11.3 Å². The highest BCUT2D eigenvalue weighted by molar-refractivity contribution is 7.90. The van der Waals surface area contributed by atoms with E-state index in [-0.39, 0.29) is 21.7 Å². The maximum Gasteiger partial charge on any atom is 0.357 e. The molecule has 0 fully saturated rings. The first-order valence-electron chi connectivity index (χ1n) is 6.94. The Bertz CT molecular complexity index is 1060. The van der Waals surface area contributed by atoms with Crippen molar-refractivity contribution in [2.45, 2.75) is 4.90 Å². The minimum Gasteiger partial charge on any atom is -0.497 e. The van der Waals surface area contributed by atoms with E-state index < -0.39 is 21.7 Å². The lowest BCUT2D eigenvalue weighted by Gasteiger charge is -2.06. The quantitative estimate of drug-likeness (QED) is 0.722. The highest BCUT2D eigenvalue weighted by Gasteiger charge is 2.26. The second-order valence-corrected chi connectivity index (χ2v) is 6.69. The predicted molar refractivity (Wildman–Crippen MR) is 86.6 cm³/mol. The van der Waals surface area contributed by atoms with E-state index in [4.69, 9.17) is 9.47 Å². The highest BCUT2D eigenvalue weighted by atomic mass is 32.2. The van der Waals surface area contributed by atoms with Crippen LogP contribution in [0.4, 0.5) is 0 Å². The van der Waals surface area contributed by atoms with Crippen LogP contribution in [0, 0.1) is 0 Å². The number of ether oxygens (including phenoxy) is 2. The van der Waals surface area contributed by atoms with Crippen molar-refractivity contribution >= 4 is 27.0 Å². The summed E-state index contributed by atoms with van der Waals surface area (Å²) in [6.45, 7) is 0. The van der Waals surface area contributed by atoms with Gasteiger partial charge in [0.25, 0.3) is 10.0 Å². The Morgan fingerprint density at radius 1 is 1.12 bits per heavy atom. The summed E-state index contributed by atoms with van der Waals surface area (Å²) in [5, 5.41) is 13.1. The fraction of sp³-hybridized carbons (Fsp3) is 0.133. The first-order chi connectivity index (χ1) is 11.9. The van der Waals surface area contributed by atoms with E-state index in [1.165, 1.54) is 50.7 Å². The van der Waals surface area contributed by atoms with E-state index in [0.29, 0.717) is 9.84 Å².